The molecule has 1 aliphatic heterocycles. The van der Waals surface area contributed by atoms with Crippen LogP contribution < -0.4 is 15.8 Å². The number of methoxy groups -OCH3 is 1. The van der Waals surface area contributed by atoms with Gasteiger partial charge in [0, 0.05) is 6.42 Å². The summed E-state index contributed by atoms with van der Waals surface area (Å²) >= 11 is 0. The Kier molecular flexibility index (Phi) is 7.57. The van der Waals surface area contributed by atoms with Crippen LogP contribution in [0.2, 0.25) is 0 Å². The summed E-state index contributed by atoms with van der Waals surface area (Å²) in [6, 6.07) is 5.09. The van der Waals surface area contributed by atoms with E-state index >= 15 is 0 Å². The predicted molar refractivity (Wildman–Crippen MR) is 145 cm³/mol. The van der Waals surface area contributed by atoms with E-state index < -0.39 is 24.6 Å². The van der Waals surface area contributed by atoms with E-state index in [1.165, 1.54) is 13.2 Å². The zero-order chi connectivity index (χ0) is 27.2. The molecule has 9 heteroatoms. The lowest BCUT2D eigenvalue weighted by Crippen LogP contribution is -2.65. The van der Waals surface area contributed by atoms with Crippen LogP contribution in [0.4, 0.5) is 0 Å². The highest BCUT2D eigenvalue weighted by atomic mass is 16.7. The Morgan fingerprint density at radius 3 is 2.53 bits per heavy atom. The van der Waals surface area contributed by atoms with Gasteiger partial charge >= 0.3 is 13.1 Å². The van der Waals surface area contributed by atoms with Crippen LogP contribution in [0.25, 0.3) is 0 Å². The number of carboxylic acids is 1. The molecule has 4 saturated carbocycles. The first-order chi connectivity index (χ1) is 18.1. The number of carbonyl (C=O) groups excluding carboxylic acids is 1. The second-order valence-corrected chi connectivity index (χ2v) is 12.8. The number of amides is 1. The summed E-state index contributed by atoms with van der Waals surface area (Å²) in [5.74, 6) is 0.716. The lowest BCUT2D eigenvalue weighted by Gasteiger charge is -2.64. The molecule has 4 aliphatic carbocycles. The Morgan fingerprint density at radius 2 is 1.89 bits per heavy atom. The van der Waals surface area contributed by atoms with E-state index in [1.54, 1.807) is 6.07 Å². The number of nitrogens with one attached hydrogen (secondary N) is 1. The summed E-state index contributed by atoms with van der Waals surface area (Å²) in [4.78, 5) is 25.2. The minimum atomic E-state index is -1.05. The molecule has 0 radical (unpaired) electrons. The van der Waals surface area contributed by atoms with Gasteiger partial charge in [0.15, 0.2) is 0 Å². The molecule has 38 heavy (non-hydrogen) atoms. The van der Waals surface area contributed by atoms with Crippen molar-refractivity contribution >= 4 is 19.0 Å². The molecule has 5 aliphatic rings. The molecule has 4 N–H and O–H groups in total. The maximum absolute atomic E-state index is 13.3. The number of hydrogen-bond acceptors (Lipinski definition) is 6. The zero-order valence-electron chi connectivity index (χ0n) is 23.2. The third-order valence-corrected chi connectivity index (χ3v) is 10.4. The van der Waals surface area contributed by atoms with Crippen LogP contribution in [0.15, 0.2) is 18.2 Å². The number of aromatic carboxylic acids is 1. The summed E-state index contributed by atoms with van der Waals surface area (Å²) in [7, 11) is 0.861. The van der Waals surface area contributed by atoms with Crippen LogP contribution in [0.5, 0.6) is 5.75 Å². The lowest BCUT2D eigenvalue weighted by atomic mass is 9.43. The van der Waals surface area contributed by atoms with Crippen LogP contribution in [-0.4, -0.2) is 55.4 Å². The Labute approximate surface area is 226 Å². The van der Waals surface area contributed by atoms with E-state index in [-0.39, 0.29) is 23.0 Å². The van der Waals surface area contributed by atoms with Gasteiger partial charge in [-0.15, -0.1) is 0 Å². The fraction of sp³-hybridized carbons (Fsp3) is 0.724. The van der Waals surface area contributed by atoms with Crippen LogP contribution in [0.3, 0.4) is 0 Å². The maximum atomic E-state index is 13.3. The van der Waals surface area contributed by atoms with Gasteiger partial charge in [-0.3, -0.25) is 4.79 Å². The molecule has 5 atom stereocenters. The van der Waals surface area contributed by atoms with Crippen molar-refractivity contribution in [1.29, 1.82) is 0 Å². The highest BCUT2D eigenvalue weighted by Gasteiger charge is 2.68. The van der Waals surface area contributed by atoms with Crippen molar-refractivity contribution in [2.45, 2.75) is 89.8 Å². The quantitative estimate of drug-likeness (QED) is 0.418. The third kappa shape index (κ3) is 4.86. The van der Waals surface area contributed by atoms with Gasteiger partial charge in [-0.25, -0.2) is 4.79 Å². The number of hydrogen-bond donors (Lipinski definition) is 3. The zero-order valence-corrected chi connectivity index (χ0v) is 23.2. The normalized spacial score (nSPS) is 34.1. The van der Waals surface area contributed by atoms with Gasteiger partial charge in [0.25, 0.3) is 0 Å². The monoisotopic (exact) mass is 526 g/mol. The summed E-state index contributed by atoms with van der Waals surface area (Å²) < 4.78 is 18.8. The number of nitrogens with two attached hydrogens (primary N) is 1. The Morgan fingerprint density at radius 1 is 1.18 bits per heavy atom. The number of rotatable bonds is 9. The molecular formula is C29H43BN2O6. The first-order valence-corrected chi connectivity index (χ1v) is 14.3. The number of ether oxygens (including phenoxy) is 1. The summed E-state index contributed by atoms with van der Waals surface area (Å²) in [5.41, 5.74) is 6.46. The number of benzene rings is 1. The Bertz CT molecular complexity index is 1060. The standard InChI is InChI=1S/C29H43BN2O6/c1-28(2)20-14-22(28)29(3)23(15-20)37-30(38-29)24(13-19-6-5-7-21(27(34)35)26(19)36-4)32-25(33)12-17-8-10-18(16-31)11-9-17/h5-7,17-18,20,22-24H,8-16,31H2,1-4H3,(H,32,33)(H,34,35)/t17?,18?,20?,22?,23?,24-,29?/m0/s1. The van der Waals surface area contributed by atoms with Crippen molar-refractivity contribution in [3.8, 4) is 5.75 Å². The Balaban J connectivity index is 1.36. The first-order valence-electron chi connectivity index (χ1n) is 14.3. The molecule has 8 nitrogen and oxygen atoms in total. The first kappa shape index (κ1) is 27.5. The summed E-state index contributed by atoms with van der Waals surface area (Å²) in [6.45, 7) is 7.53. The van der Waals surface area contributed by atoms with Crippen molar-refractivity contribution < 1.29 is 28.7 Å². The van der Waals surface area contributed by atoms with E-state index in [0.717, 1.165) is 38.5 Å². The lowest BCUT2D eigenvalue weighted by molar-refractivity contribution is -0.199. The van der Waals surface area contributed by atoms with E-state index in [2.05, 4.69) is 26.1 Å². The van der Waals surface area contributed by atoms with Crippen LogP contribution >= 0.6 is 0 Å². The molecule has 208 valence electrons. The maximum Gasteiger partial charge on any atom is 0.482 e. The van der Waals surface area contributed by atoms with E-state index in [1.807, 2.05) is 6.07 Å². The topological polar surface area (TPSA) is 120 Å². The van der Waals surface area contributed by atoms with Crippen LogP contribution in [0, 0.1) is 29.1 Å². The van der Waals surface area contributed by atoms with Crippen molar-refractivity contribution in [3.05, 3.63) is 29.3 Å². The highest BCUT2D eigenvalue weighted by Crippen LogP contribution is 2.65. The summed E-state index contributed by atoms with van der Waals surface area (Å²) in [6.07, 6.45) is 7.09. The van der Waals surface area contributed by atoms with E-state index in [9.17, 15) is 14.7 Å². The van der Waals surface area contributed by atoms with Crippen LogP contribution in [0.1, 0.15) is 81.6 Å². The van der Waals surface area contributed by atoms with E-state index in [4.69, 9.17) is 19.8 Å². The molecule has 1 aromatic carbocycles. The predicted octanol–water partition coefficient (Wildman–Crippen LogP) is 3.84. The molecular weight excluding hydrogens is 483 g/mol. The number of carboxylic acid groups (broad SMARTS) is 1. The van der Waals surface area contributed by atoms with Gasteiger partial charge < -0.3 is 30.2 Å². The second kappa shape index (κ2) is 10.5. The molecule has 0 aromatic heterocycles. The smallest absolute Gasteiger partial charge is 0.482 e. The van der Waals surface area contributed by atoms with Gasteiger partial charge in [0.2, 0.25) is 5.91 Å². The SMILES string of the molecule is COc1c(C[C@H](NC(=O)CC2CCC(CN)CC2)B2OC3CC4CC(C4(C)C)C3(C)O2)cccc1C(=O)O. The molecule has 1 saturated heterocycles. The molecule has 4 unspecified atom stereocenters. The number of para-hydroxylation sites is 1. The van der Waals surface area contributed by atoms with Gasteiger partial charge in [0.1, 0.15) is 11.3 Å². The van der Waals surface area contributed by atoms with E-state index in [0.29, 0.717) is 54.4 Å². The number of carbonyl (C=O) groups is 2. The largest absolute Gasteiger partial charge is 0.496 e. The molecule has 2 bridgehead atoms. The van der Waals surface area contributed by atoms with Crippen molar-refractivity contribution in [2.24, 2.45) is 34.8 Å². The van der Waals surface area contributed by atoms with Crippen LogP contribution in [-0.2, 0) is 20.5 Å². The fourth-order valence-electron chi connectivity index (χ4n) is 7.88. The van der Waals surface area contributed by atoms with Crippen molar-refractivity contribution in [1.82, 2.24) is 5.32 Å². The minimum Gasteiger partial charge on any atom is -0.496 e. The highest BCUT2D eigenvalue weighted by molar-refractivity contribution is 6.48. The van der Waals surface area contributed by atoms with Gasteiger partial charge in [-0.2, -0.15) is 0 Å². The molecule has 1 heterocycles. The van der Waals surface area contributed by atoms with Gasteiger partial charge in [0.05, 0.1) is 24.8 Å². The average molecular weight is 526 g/mol. The second-order valence-electron chi connectivity index (χ2n) is 12.8. The minimum absolute atomic E-state index is 0.0116. The van der Waals surface area contributed by atoms with Crippen molar-refractivity contribution in [2.75, 3.05) is 13.7 Å². The molecule has 6 rings (SSSR count). The molecule has 5 fully saturated rings. The Hall–Kier alpha value is -2.10. The average Bonchev–Trinajstić information content (AvgIpc) is 3.25. The summed E-state index contributed by atoms with van der Waals surface area (Å²) in [5, 5.41) is 12.9. The molecule has 1 amide bonds. The molecule has 0 spiro atoms. The van der Waals surface area contributed by atoms with Gasteiger partial charge in [-0.1, -0.05) is 26.0 Å². The van der Waals surface area contributed by atoms with Crippen molar-refractivity contribution in [3.63, 3.8) is 0 Å². The molecule has 1 aromatic rings. The third-order valence-electron chi connectivity index (χ3n) is 10.4. The fourth-order valence-corrected chi connectivity index (χ4v) is 7.88. The van der Waals surface area contributed by atoms with Gasteiger partial charge in [-0.05, 0) is 99.1 Å².